The van der Waals surface area contributed by atoms with E-state index in [9.17, 15) is 0 Å². The van der Waals surface area contributed by atoms with E-state index in [1.54, 1.807) is 0 Å². The quantitative estimate of drug-likeness (QED) is 0.629. The summed E-state index contributed by atoms with van der Waals surface area (Å²) in [6.07, 6.45) is 5.10. The molecule has 1 unspecified atom stereocenters. The van der Waals surface area contributed by atoms with Gasteiger partial charge in [0, 0.05) is 5.39 Å². The first-order valence-corrected chi connectivity index (χ1v) is 6.33. The van der Waals surface area contributed by atoms with Crippen LogP contribution in [0.5, 0.6) is 0 Å². The predicted octanol–water partition coefficient (Wildman–Crippen LogP) is 3.13. The lowest BCUT2D eigenvalue weighted by Crippen LogP contribution is -2.32. The maximum Gasteiger partial charge on any atom is 0.134 e. The standard InChI is InChI=1S/C14H18N2O/c15-16-14(10-5-1-2-6-10)13-9-11-7-3-4-8-12(11)17-13/h3-4,7-10,14,16H,1-2,5-6,15H2. The summed E-state index contributed by atoms with van der Waals surface area (Å²) in [6.45, 7) is 0. The first kappa shape index (κ1) is 10.8. The van der Waals surface area contributed by atoms with Crippen LogP contribution < -0.4 is 11.3 Å². The molecule has 1 aromatic heterocycles. The number of benzene rings is 1. The van der Waals surface area contributed by atoms with E-state index in [2.05, 4.69) is 17.6 Å². The van der Waals surface area contributed by atoms with Gasteiger partial charge in [0.25, 0.3) is 0 Å². The minimum atomic E-state index is 0.157. The topological polar surface area (TPSA) is 51.2 Å². The number of nitrogens with two attached hydrogens (primary N) is 1. The number of hydrazine groups is 1. The first-order chi connectivity index (χ1) is 8.38. The van der Waals surface area contributed by atoms with Crippen molar-refractivity contribution in [2.24, 2.45) is 11.8 Å². The summed E-state index contributed by atoms with van der Waals surface area (Å²) >= 11 is 0. The zero-order chi connectivity index (χ0) is 11.7. The molecule has 1 saturated carbocycles. The Morgan fingerprint density at radius 3 is 2.71 bits per heavy atom. The van der Waals surface area contributed by atoms with Crippen LogP contribution >= 0.6 is 0 Å². The summed E-state index contributed by atoms with van der Waals surface area (Å²) in [4.78, 5) is 0. The second-order valence-corrected chi connectivity index (χ2v) is 4.88. The third-order valence-electron chi connectivity index (χ3n) is 3.80. The fraction of sp³-hybridized carbons (Fsp3) is 0.429. The molecule has 1 heterocycles. The van der Waals surface area contributed by atoms with Gasteiger partial charge in [0.1, 0.15) is 11.3 Å². The van der Waals surface area contributed by atoms with Gasteiger partial charge in [-0.15, -0.1) is 0 Å². The normalized spacial score (nSPS) is 18.9. The van der Waals surface area contributed by atoms with Crippen molar-refractivity contribution in [3.63, 3.8) is 0 Å². The highest BCUT2D eigenvalue weighted by atomic mass is 16.3. The third kappa shape index (κ3) is 1.96. The van der Waals surface area contributed by atoms with E-state index in [0.29, 0.717) is 5.92 Å². The van der Waals surface area contributed by atoms with Crippen LogP contribution in [0.25, 0.3) is 11.0 Å². The second kappa shape index (κ2) is 4.51. The number of hydrogen-bond donors (Lipinski definition) is 2. The lowest BCUT2D eigenvalue weighted by atomic mass is 9.96. The van der Waals surface area contributed by atoms with Crippen molar-refractivity contribution in [3.05, 3.63) is 36.1 Å². The van der Waals surface area contributed by atoms with E-state index in [0.717, 1.165) is 16.7 Å². The van der Waals surface area contributed by atoms with E-state index in [1.165, 1.54) is 25.7 Å². The zero-order valence-corrected chi connectivity index (χ0v) is 9.86. The number of fused-ring (bicyclic) bond motifs is 1. The van der Waals surface area contributed by atoms with Gasteiger partial charge < -0.3 is 4.42 Å². The molecule has 1 atom stereocenters. The third-order valence-corrected chi connectivity index (χ3v) is 3.80. The van der Waals surface area contributed by atoms with E-state index < -0.39 is 0 Å². The monoisotopic (exact) mass is 230 g/mol. The van der Waals surface area contributed by atoms with E-state index in [1.807, 2.05) is 18.2 Å². The number of para-hydroxylation sites is 1. The van der Waals surface area contributed by atoms with Crippen molar-refractivity contribution in [2.45, 2.75) is 31.7 Å². The predicted molar refractivity (Wildman–Crippen MR) is 68.2 cm³/mol. The largest absolute Gasteiger partial charge is 0.459 e. The highest BCUT2D eigenvalue weighted by molar-refractivity contribution is 5.77. The molecule has 0 aliphatic heterocycles. The minimum absolute atomic E-state index is 0.157. The molecule has 2 aromatic rings. The highest BCUT2D eigenvalue weighted by Gasteiger charge is 2.27. The van der Waals surface area contributed by atoms with Crippen molar-refractivity contribution >= 4 is 11.0 Å². The molecule has 0 saturated heterocycles. The molecule has 90 valence electrons. The van der Waals surface area contributed by atoms with E-state index >= 15 is 0 Å². The Labute approximate surface area is 101 Å². The van der Waals surface area contributed by atoms with Gasteiger partial charge in [-0.1, -0.05) is 31.0 Å². The maximum atomic E-state index is 5.89. The summed E-state index contributed by atoms with van der Waals surface area (Å²) < 4.78 is 5.89. The van der Waals surface area contributed by atoms with Crippen LogP contribution in [0.4, 0.5) is 0 Å². The summed E-state index contributed by atoms with van der Waals surface area (Å²) in [7, 11) is 0. The van der Waals surface area contributed by atoms with Crippen molar-refractivity contribution in [1.82, 2.24) is 5.43 Å². The molecule has 1 aromatic carbocycles. The molecule has 1 aliphatic carbocycles. The van der Waals surface area contributed by atoms with Crippen LogP contribution in [-0.4, -0.2) is 0 Å². The molecule has 0 amide bonds. The molecule has 17 heavy (non-hydrogen) atoms. The Balaban J connectivity index is 1.94. The molecule has 1 fully saturated rings. The number of hydrogen-bond acceptors (Lipinski definition) is 3. The van der Waals surface area contributed by atoms with Crippen molar-refractivity contribution in [2.75, 3.05) is 0 Å². The van der Waals surface area contributed by atoms with Crippen LogP contribution in [0.1, 0.15) is 37.5 Å². The summed E-state index contributed by atoms with van der Waals surface area (Å²) in [5, 5.41) is 1.15. The first-order valence-electron chi connectivity index (χ1n) is 6.33. The average Bonchev–Trinajstić information content (AvgIpc) is 2.98. The fourth-order valence-corrected chi connectivity index (χ4v) is 2.90. The van der Waals surface area contributed by atoms with Gasteiger partial charge >= 0.3 is 0 Å². The number of nitrogens with one attached hydrogen (secondary N) is 1. The lowest BCUT2D eigenvalue weighted by molar-refractivity contribution is 0.323. The Kier molecular flexibility index (Phi) is 2.87. The van der Waals surface area contributed by atoms with E-state index in [-0.39, 0.29) is 6.04 Å². The second-order valence-electron chi connectivity index (χ2n) is 4.88. The molecule has 3 nitrogen and oxygen atoms in total. The van der Waals surface area contributed by atoms with Crippen molar-refractivity contribution in [3.8, 4) is 0 Å². The van der Waals surface area contributed by atoms with Gasteiger partial charge in [0.15, 0.2) is 0 Å². The van der Waals surface area contributed by atoms with Crippen LogP contribution in [0, 0.1) is 5.92 Å². The maximum absolute atomic E-state index is 5.89. The average molecular weight is 230 g/mol. The number of furan rings is 1. The van der Waals surface area contributed by atoms with Crippen LogP contribution in [0.2, 0.25) is 0 Å². The molecular formula is C14H18N2O. The van der Waals surface area contributed by atoms with Gasteiger partial charge in [-0.25, -0.2) is 5.43 Å². The molecular weight excluding hydrogens is 212 g/mol. The van der Waals surface area contributed by atoms with Crippen LogP contribution in [0.3, 0.4) is 0 Å². The summed E-state index contributed by atoms with van der Waals surface area (Å²) in [5.41, 5.74) is 3.87. The molecule has 0 radical (unpaired) electrons. The Hall–Kier alpha value is -1.32. The smallest absolute Gasteiger partial charge is 0.134 e. The summed E-state index contributed by atoms with van der Waals surface area (Å²) in [6, 6.07) is 10.4. The van der Waals surface area contributed by atoms with Crippen LogP contribution in [0.15, 0.2) is 34.7 Å². The molecule has 3 rings (SSSR count). The van der Waals surface area contributed by atoms with Gasteiger partial charge in [-0.05, 0) is 30.9 Å². The SMILES string of the molecule is NNC(c1cc2ccccc2o1)C1CCCC1. The van der Waals surface area contributed by atoms with Gasteiger partial charge in [-0.3, -0.25) is 5.84 Å². The Bertz CT molecular complexity index is 467. The molecule has 1 aliphatic rings. The number of rotatable bonds is 3. The minimum Gasteiger partial charge on any atom is -0.459 e. The Morgan fingerprint density at radius 1 is 1.24 bits per heavy atom. The van der Waals surface area contributed by atoms with Gasteiger partial charge in [0.2, 0.25) is 0 Å². The van der Waals surface area contributed by atoms with Crippen molar-refractivity contribution in [1.29, 1.82) is 0 Å². The molecule has 3 N–H and O–H groups in total. The van der Waals surface area contributed by atoms with Gasteiger partial charge in [0.05, 0.1) is 6.04 Å². The van der Waals surface area contributed by atoms with Gasteiger partial charge in [-0.2, -0.15) is 0 Å². The van der Waals surface area contributed by atoms with Crippen LogP contribution in [-0.2, 0) is 0 Å². The lowest BCUT2D eigenvalue weighted by Gasteiger charge is -2.19. The van der Waals surface area contributed by atoms with Crippen molar-refractivity contribution < 1.29 is 4.42 Å². The Morgan fingerprint density at radius 2 is 2.00 bits per heavy atom. The summed E-state index contributed by atoms with van der Waals surface area (Å²) in [5.74, 6) is 7.28. The highest BCUT2D eigenvalue weighted by Crippen LogP contribution is 2.37. The molecule has 0 bridgehead atoms. The van der Waals surface area contributed by atoms with E-state index in [4.69, 9.17) is 10.3 Å². The molecule has 3 heteroatoms. The zero-order valence-electron chi connectivity index (χ0n) is 9.86. The fourth-order valence-electron chi connectivity index (χ4n) is 2.90. The molecule has 0 spiro atoms.